The minimum Gasteiger partial charge on any atom is -0.368 e. The number of nitrogens with two attached hydrogens (primary N) is 1. The molecule has 0 saturated carbocycles. The van der Waals surface area contributed by atoms with Crippen LogP contribution in [-0.4, -0.2) is 59.1 Å². The van der Waals surface area contributed by atoms with Crippen LogP contribution in [0.4, 0.5) is 5.95 Å². The van der Waals surface area contributed by atoms with Gasteiger partial charge in [-0.15, -0.1) is 0 Å². The van der Waals surface area contributed by atoms with E-state index in [4.69, 9.17) is 28.9 Å². The molecule has 1 rings (SSSR count). The van der Waals surface area contributed by atoms with Crippen molar-refractivity contribution in [3.63, 3.8) is 0 Å². The summed E-state index contributed by atoms with van der Waals surface area (Å²) in [6, 6.07) is 1.84. The lowest BCUT2D eigenvalue weighted by atomic mass is 8.97. The Labute approximate surface area is 125 Å². The van der Waals surface area contributed by atoms with Gasteiger partial charge in [0.25, 0.3) is 0 Å². The molecule has 3 N–H and O–H groups in total. The molecule has 1 amide bonds. The zero-order chi connectivity index (χ0) is 15.5. The maximum absolute atomic E-state index is 11.2. The molecule has 0 aromatic carbocycles. The normalized spacial score (nSPS) is 9.10. The van der Waals surface area contributed by atoms with Gasteiger partial charge >= 0.3 is 0 Å². The highest BCUT2D eigenvalue weighted by molar-refractivity contribution is 7.60. The highest BCUT2D eigenvalue weighted by Crippen LogP contribution is 2.04. The van der Waals surface area contributed by atoms with Crippen molar-refractivity contribution in [2.45, 2.75) is 26.7 Å². The molecule has 7 radical (unpaired) electrons. The second-order valence-electron chi connectivity index (χ2n) is 4.08. The predicted molar refractivity (Wildman–Crippen MR) is 87.0 cm³/mol. The van der Waals surface area contributed by atoms with E-state index in [9.17, 15) is 4.79 Å². The highest BCUT2D eigenvalue weighted by atomic mass is 16.1. The Morgan fingerprint density at radius 2 is 2.10 bits per heavy atom. The van der Waals surface area contributed by atoms with Crippen molar-refractivity contribution in [3.05, 3.63) is 17.5 Å². The van der Waals surface area contributed by atoms with Crippen LogP contribution in [0.15, 0.2) is 6.07 Å². The van der Waals surface area contributed by atoms with Gasteiger partial charge in [0, 0.05) is 61.0 Å². The molecule has 5 nitrogen and oxygen atoms in total. The Bertz CT molecular complexity index is 398. The molecule has 1 aromatic rings. The third kappa shape index (κ3) is 9.58. The van der Waals surface area contributed by atoms with Gasteiger partial charge < -0.3 is 11.1 Å². The van der Waals surface area contributed by atoms with Gasteiger partial charge in [0.2, 0.25) is 11.9 Å². The Balaban J connectivity index is 0.000000621. The minimum absolute atomic E-state index is 0.0346. The van der Waals surface area contributed by atoms with Gasteiger partial charge in [-0.25, -0.2) is 9.97 Å². The van der Waals surface area contributed by atoms with Crippen LogP contribution >= 0.6 is 0 Å². The second-order valence-corrected chi connectivity index (χ2v) is 4.08. The number of carbonyl (C=O) groups excluding carboxylic acids is 1. The van der Waals surface area contributed by atoms with E-state index in [1.165, 1.54) is 7.06 Å². The van der Waals surface area contributed by atoms with E-state index in [2.05, 4.69) is 15.3 Å². The van der Waals surface area contributed by atoms with Crippen molar-refractivity contribution in [1.29, 1.82) is 0 Å². The molecule has 0 spiro atoms. The first-order chi connectivity index (χ1) is 9.38. The Hall–Kier alpha value is -1.33. The fourth-order valence-electron chi connectivity index (χ4n) is 1.31. The van der Waals surface area contributed by atoms with Crippen molar-refractivity contribution in [2.24, 2.45) is 0 Å². The molecule has 1 heterocycles. The first-order valence-corrected chi connectivity index (χ1v) is 6.32. The zero-order valence-corrected chi connectivity index (χ0v) is 12.0. The number of carbonyl (C=O) groups is 1. The lowest BCUT2D eigenvalue weighted by Crippen LogP contribution is -2.23. The summed E-state index contributed by atoms with van der Waals surface area (Å²) in [5.41, 5.74) is 7.14. The summed E-state index contributed by atoms with van der Waals surface area (Å²) in [7, 11) is 15.8. The molecule has 0 aliphatic rings. The summed E-state index contributed by atoms with van der Waals surface area (Å²) in [6.45, 7) is 4.40. The first-order valence-electron chi connectivity index (χ1n) is 6.32. The van der Waals surface area contributed by atoms with E-state index < -0.39 is 6.39 Å². The maximum atomic E-state index is 11.2. The fourth-order valence-corrected chi connectivity index (χ4v) is 1.31. The molecule has 20 heavy (non-hydrogen) atoms. The van der Waals surface area contributed by atoms with Gasteiger partial charge in [0.05, 0.1) is 0 Å². The fraction of sp³-hybridized carbons (Fsp3) is 0.500. The van der Waals surface area contributed by atoms with Crippen LogP contribution < -0.4 is 11.1 Å². The summed E-state index contributed by atoms with van der Waals surface area (Å²) in [6.07, 6.45) is 0.568. The maximum Gasteiger partial charge on any atom is 0.220 e. The summed E-state index contributed by atoms with van der Waals surface area (Å²) < 4.78 is 0. The summed E-state index contributed by atoms with van der Waals surface area (Å²) in [4.78, 5) is 19.2. The molecule has 0 fully saturated rings. The number of nitrogen functional groups attached to an aromatic ring is 1. The van der Waals surface area contributed by atoms with Crippen LogP contribution in [0.3, 0.4) is 0 Å². The summed E-state index contributed by atoms with van der Waals surface area (Å²) in [5.74, 6) is 0.299. The van der Waals surface area contributed by atoms with E-state index >= 15 is 0 Å². The van der Waals surface area contributed by atoms with Crippen LogP contribution in [0.5, 0.6) is 0 Å². The van der Waals surface area contributed by atoms with Gasteiger partial charge in [-0.1, -0.05) is 0 Å². The number of hydrogen-bond donors (Lipinski definition) is 2. The quantitative estimate of drug-likeness (QED) is 0.635. The number of nitrogens with one attached hydrogen (secondary N) is 1. The average molecular weight is 262 g/mol. The zero-order valence-electron chi connectivity index (χ0n) is 12.0. The number of rotatable bonds is 5. The van der Waals surface area contributed by atoms with E-state index in [-0.39, 0.29) is 11.9 Å². The average Bonchev–Trinajstić information content (AvgIpc) is 2.36. The molecule has 0 saturated heterocycles. The largest absolute Gasteiger partial charge is 0.368 e. The van der Waals surface area contributed by atoms with Crippen molar-refractivity contribution >= 4 is 48.5 Å². The standard InChI is InChI=1S/C10H16N4O.B5/c1-3-12-9(15)5-4-8-6-7(2)13-10(11)14-8;1-4-5(2)3/h6H,3-5H2,1-2H3,(H,12,15)(H2,11,13,14);. The third-order valence-electron chi connectivity index (χ3n) is 2.13. The number of anilines is 1. The smallest absolute Gasteiger partial charge is 0.220 e. The Kier molecular flexibility index (Phi) is 9.77. The third-order valence-corrected chi connectivity index (χ3v) is 2.13. The van der Waals surface area contributed by atoms with Gasteiger partial charge in [0.1, 0.15) is 0 Å². The molecule has 0 unspecified atom stereocenters. The molecular weight excluding hydrogens is 246 g/mol. The number of amides is 1. The van der Waals surface area contributed by atoms with Gasteiger partial charge in [-0.2, -0.15) is 0 Å². The molecular formula is C10H16B5N4O. The van der Waals surface area contributed by atoms with Crippen LogP contribution in [-0.2, 0) is 11.2 Å². The molecule has 1 aromatic heterocycles. The second kappa shape index (κ2) is 10.5. The van der Waals surface area contributed by atoms with Crippen molar-refractivity contribution < 1.29 is 4.79 Å². The van der Waals surface area contributed by atoms with Crippen molar-refractivity contribution in [2.75, 3.05) is 12.3 Å². The van der Waals surface area contributed by atoms with E-state index in [1.807, 2.05) is 19.9 Å². The van der Waals surface area contributed by atoms with E-state index in [0.717, 1.165) is 11.4 Å². The van der Waals surface area contributed by atoms with Crippen LogP contribution in [0, 0.1) is 6.92 Å². The highest BCUT2D eigenvalue weighted by Gasteiger charge is 2.03. The molecule has 97 valence electrons. The van der Waals surface area contributed by atoms with Crippen molar-refractivity contribution in [3.8, 4) is 0 Å². The van der Waals surface area contributed by atoms with Gasteiger partial charge in [-0.05, 0) is 26.3 Å². The molecule has 0 bridgehead atoms. The molecule has 0 atom stereocenters. The molecule has 0 aliphatic carbocycles. The molecule has 10 heteroatoms. The number of nitrogens with zero attached hydrogens (tertiary/aromatic N) is 2. The number of aromatic nitrogens is 2. The van der Waals surface area contributed by atoms with Crippen LogP contribution in [0.2, 0.25) is 0 Å². The Morgan fingerprint density at radius 3 is 2.55 bits per heavy atom. The summed E-state index contributed by atoms with van der Waals surface area (Å²) >= 11 is 0. The first kappa shape index (κ1) is 18.7. The molecule has 0 aliphatic heterocycles. The SMILES string of the molecule is CCNC(=O)CCc1cc(C)nc(N)n1.[B][B]B([B])[B]. The lowest BCUT2D eigenvalue weighted by Gasteiger charge is -2.03. The van der Waals surface area contributed by atoms with Gasteiger partial charge in [-0.3, -0.25) is 4.79 Å². The number of hydrogen-bond acceptors (Lipinski definition) is 4. The predicted octanol–water partition coefficient (Wildman–Crippen LogP) is -1.47. The summed E-state index contributed by atoms with van der Waals surface area (Å²) in [5, 5.41) is 2.73. The monoisotopic (exact) mass is 263 g/mol. The number of aryl methyl sites for hydroxylation is 2. The van der Waals surface area contributed by atoms with E-state index in [1.54, 1.807) is 0 Å². The van der Waals surface area contributed by atoms with Crippen molar-refractivity contribution in [1.82, 2.24) is 15.3 Å². The van der Waals surface area contributed by atoms with Crippen LogP contribution in [0.25, 0.3) is 0 Å². The van der Waals surface area contributed by atoms with Crippen LogP contribution in [0.1, 0.15) is 24.7 Å². The Morgan fingerprint density at radius 1 is 1.50 bits per heavy atom. The lowest BCUT2D eigenvalue weighted by molar-refractivity contribution is -0.120. The topological polar surface area (TPSA) is 80.9 Å². The van der Waals surface area contributed by atoms with E-state index in [0.29, 0.717) is 19.4 Å². The minimum atomic E-state index is -0.463. The van der Waals surface area contributed by atoms with Gasteiger partial charge in [0.15, 0.2) is 0 Å².